The molecule has 0 aromatic carbocycles. The molecule has 0 aromatic heterocycles. The molecule has 0 aliphatic carbocycles. The van der Waals surface area contributed by atoms with E-state index < -0.39 is 3.34 Å². The Labute approximate surface area is 73.7 Å². The summed E-state index contributed by atoms with van der Waals surface area (Å²) >= 11 is 7.45. The van der Waals surface area contributed by atoms with Crippen LogP contribution in [-0.4, -0.2) is 3.34 Å². The van der Waals surface area contributed by atoms with E-state index in [0.717, 1.165) is 0 Å². The molecule has 4 heteroatoms. The molecular formula is C2H3GeI3. The molecule has 6 heavy (non-hydrogen) atoms. The standard InChI is InChI=1S/C2H3GeI3/c1-2-3(4,5)6/h2H,1H2. The van der Waals surface area contributed by atoms with Crippen LogP contribution in [-0.2, 0) is 0 Å². The summed E-state index contributed by atoms with van der Waals surface area (Å²) in [5.41, 5.74) is 0. The van der Waals surface area contributed by atoms with Crippen LogP contribution in [0.15, 0.2) is 11.5 Å². The van der Waals surface area contributed by atoms with E-state index in [1.165, 1.54) is 0 Å². The van der Waals surface area contributed by atoms with E-state index in [9.17, 15) is 0 Å². The third-order valence-corrected chi connectivity index (χ3v) is 8.07. The van der Waals surface area contributed by atoms with Crippen LogP contribution in [0.1, 0.15) is 0 Å². The summed E-state index contributed by atoms with van der Waals surface area (Å²) in [5.74, 6) is 0. The van der Waals surface area contributed by atoms with Crippen LogP contribution in [0.4, 0.5) is 0 Å². The number of hydrogen-bond donors (Lipinski definition) is 0. The second-order valence-corrected chi connectivity index (χ2v) is 62.6. The van der Waals surface area contributed by atoms with Crippen LogP contribution < -0.4 is 0 Å². The Bertz CT molecular complexity index is 54.3. The van der Waals surface area contributed by atoms with Crippen molar-refractivity contribution in [3.63, 3.8) is 0 Å². The van der Waals surface area contributed by atoms with Crippen LogP contribution in [0.2, 0.25) is 0 Å². The summed E-state index contributed by atoms with van der Waals surface area (Å²) in [4.78, 5) is 2.08. The van der Waals surface area contributed by atoms with Gasteiger partial charge >= 0.3 is 75.5 Å². The Kier molecular flexibility index (Phi) is 4.93. The van der Waals surface area contributed by atoms with Crippen molar-refractivity contribution < 1.29 is 0 Å². The van der Waals surface area contributed by atoms with Crippen molar-refractivity contribution >= 4 is 64.0 Å². The predicted molar refractivity (Wildman–Crippen MR) is 58.0 cm³/mol. The maximum atomic E-state index is 3.69. The van der Waals surface area contributed by atoms with Gasteiger partial charge in [-0.3, -0.25) is 0 Å². The van der Waals surface area contributed by atoms with E-state index >= 15 is 0 Å². The fourth-order valence-electron chi connectivity index (χ4n) is 0. The Morgan fingerprint density at radius 3 is 1.50 bits per heavy atom. The zero-order chi connectivity index (χ0) is 5.21. The van der Waals surface area contributed by atoms with E-state index in [1.54, 1.807) is 0 Å². The molecule has 0 aliphatic heterocycles. The number of halogens is 3. The minimum atomic E-state index is -1.37. The molecule has 0 atom stereocenters. The van der Waals surface area contributed by atoms with Gasteiger partial charge in [0.15, 0.2) is 0 Å². The first-order valence-corrected chi connectivity index (χ1v) is 21.7. The maximum absolute atomic E-state index is 3.69. The van der Waals surface area contributed by atoms with E-state index in [4.69, 9.17) is 0 Å². The average Bonchev–Trinajstić information content (AvgIpc) is 1.35. The van der Waals surface area contributed by atoms with Gasteiger partial charge in [0, 0.05) is 0 Å². The predicted octanol–water partition coefficient (Wildman–Crippen LogP) is 2.96. The van der Waals surface area contributed by atoms with Gasteiger partial charge in [0.25, 0.3) is 0 Å². The summed E-state index contributed by atoms with van der Waals surface area (Å²) in [6.07, 6.45) is 0. The van der Waals surface area contributed by atoms with E-state index in [-0.39, 0.29) is 0 Å². The summed E-state index contributed by atoms with van der Waals surface area (Å²) < 4.78 is -1.37. The molecule has 0 aliphatic rings. The first kappa shape index (κ1) is 8.47. The Morgan fingerprint density at radius 2 is 1.50 bits per heavy atom. The third-order valence-electron chi connectivity index (χ3n) is 0.231. The fraction of sp³-hybridized carbons (Fsp3) is 0. The summed E-state index contributed by atoms with van der Waals surface area (Å²) in [6.45, 7) is 3.69. The van der Waals surface area contributed by atoms with Gasteiger partial charge in [-0.25, -0.2) is 0 Å². The molecule has 36 valence electrons. The van der Waals surface area contributed by atoms with Gasteiger partial charge in [0.1, 0.15) is 0 Å². The van der Waals surface area contributed by atoms with E-state index in [2.05, 4.69) is 72.1 Å². The SMILES string of the molecule is C=[CH][Ge]([I])([I])[I]. The van der Waals surface area contributed by atoms with Crippen LogP contribution in [0, 0.1) is 0 Å². The molecule has 0 amide bonds. The summed E-state index contributed by atoms with van der Waals surface area (Å²) in [7, 11) is 0. The zero-order valence-corrected chi connectivity index (χ0v) is 11.5. The van der Waals surface area contributed by atoms with Gasteiger partial charge in [0.2, 0.25) is 0 Å². The molecule has 0 radical (unpaired) electrons. The van der Waals surface area contributed by atoms with Crippen molar-refractivity contribution in [2.24, 2.45) is 0 Å². The monoisotopic (exact) mass is 482 g/mol. The van der Waals surface area contributed by atoms with Crippen LogP contribution in [0.25, 0.3) is 0 Å². The average molecular weight is 480 g/mol. The van der Waals surface area contributed by atoms with Crippen molar-refractivity contribution in [1.29, 1.82) is 0 Å². The van der Waals surface area contributed by atoms with E-state index in [0.29, 0.717) is 0 Å². The molecule has 0 rings (SSSR count). The Balaban J connectivity index is 3.45. The number of hydrogen-bond acceptors (Lipinski definition) is 0. The quantitative estimate of drug-likeness (QED) is 0.400. The van der Waals surface area contributed by atoms with Crippen molar-refractivity contribution in [3.05, 3.63) is 11.5 Å². The van der Waals surface area contributed by atoms with Crippen molar-refractivity contribution in [1.82, 2.24) is 0 Å². The van der Waals surface area contributed by atoms with Gasteiger partial charge in [-0.2, -0.15) is 0 Å². The zero-order valence-electron chi connectivity index (χ0n) is 2.92. The molecule has 0 saturated carbocycles. The van der Waals surface area contributed by atoms with Gasteiger partial charge in [-0.05, 0) is 0 Å². The minimum absolute atomic E-state index is 1.37. The van der Waals surface area contributed by atoms with Crippen molar-refractivity contribution in [3.8, 4) is 0 Å². The van der Waals surface area contributed by atoms with Gasteiger partial charge in [-0.15, -0.1) is 0 Å². The van der Waals surface area contributed by atoms with Crippen molar-refractivity contribution in [2.45, 2.75) is 0 Å². The van der Waals surface area contributed by atoms with Crippen LogP contribution in [0.5, 0.6) is 0 Å². The topological polar surface area (TPSA) is 0 Å². The van der Waals surface area contributed by atoms with Crippen LogP contribution >= 0.6 is 60.6 Å². The molecule has 0 saturated heterocycles. The molecular weight excluding hydrogens is 477 g/mol. The molecule has 0 bridgehead atoms. The van der Waals surface area contributed by atoms with Gasteiger partial charge in [-0.1, -0.05) is 0 Å². The van der Waals surface area contributed by atoms with Crippen molar-refractivity contribution in [2.75, 3.05) is 0 Å². The molecule has 0 nitrogen and oxygen atoms in total. The summed E-state index contributed by atoms with van der Waals surface area (Å²) in [5, 5.41) is 0. The number of rotatable bonds is 1. The van der Waals surface area contributed by atoms with Gasteiger partial charge in [0.05, 0.1) is 0 Å². The molecule has 0 N–H and O–H groups in total. The van der Waals surface area contributed by atoms with Gasteiger partial charge < -0.3 is 0 Å². The third kappa shape index (κ3) is 6.47. The second kappa shape index (κ2) is 3.49. The summed E-state index contributed by atoms with van der Waals surface area (Å²) in [6, 6.07) is 0. The first-order chi connectivity index (χ1) is 2.56. The van der Waals surface area contributed by atoms with E-state index in [1.807, 2.05) is 0 Å². The van der Waals surface area contributed by atoms with Crippen LogP contribution in [0.3, 0.4) is 0 Å². The second-order valence-electron chi connectivity index (χ2n) is 0.746. The molecule has 0 heterocycles. The fourth-order valence-corrected chi connectivity index (χ4v) is 0. The first-order valence-electron chi connectivity index (χ1n) is 1.26. The normalized spacial score (nSPS) is 11.2. The molecule has 0 aromatic rings. The Morgan fingerprint density at radius 1 is 1.33 bits per heavy atom. The molecule has 0 fully saturated rings. The molecule has 0 spiro atoms. The Hall–Kier alpha value is 2.47. The molecule has 0 unspecified atom stereocenters.